The van der Waals surface area contributed by atoms with E-state index in [-0.39, 0.29) is 6.61 Å². The van der Waals surface area contributed by atoms with Gasteiger partial charge in [0.05, 0.1) is 24.2 Å². The summed E-state index contributed by atoms with van der Waals surface area (Å²) < 4.78 is 0. The minimum atomic E-state index is -0.0150. The van der Waals surface area contributed by atoms with Gasteiger partial charge in [0.25, 0.3) is 0 Å². The molecule has 2 rings (SSSR count). The topological polar surface area (TPSA) is 49.2 Å². The van der Waals surface area contributed by atoms with Crippen LogP contribution in [-0.4, -0.2) is 27.7 Å². The lowest BCUT2D eigenvalue weighted by molar-refractivity contribution is 0.276. The van der Waals surface area contributed by atoms with Crippen LogP contribution in [0.3, 0.4) is 0 Å². The summed E-state index contributed by atoms with van der Waals surface area (Å²) in [6.45, 7) is 9.68. The van der Waals surface area contributed by atoms with E-state index in [0.29, 0.717) is 17.9 Å². The summed E-state index contributed by atoms with van der Waals surface area (Å²) in [5.74, 6) is 1.71. The zero-order valence-corrected chi connectivity index (χ0v) is 12.4. The zero-order chi connectivity index (χ0) is 14.0. The van der Waals surface area contributed by atoms with Crippen LogP contribution in [-0.2, 0) is 6.61 Å². The summed E-state index contributed by atoms with van der Waals surface area (Å²) in [4.78, 5) is 11.4. The standard InChI is InChI=1S/C15H25N3O/c1-10(2)13-6-5-7-18(13)14-8-16-15(11(3)4)17-12(14)9-19/h8,10-11,13,19H,5-7,9H2,1-4H3. The maximum absolute atomic E-state index is 9.59. The number of hydrogen-bond acceptors (Lipinski definition) is 4. The maximum Gasteiger partial charge on any atom is 0.131 e. The molecule has 1 aromatic rings. The molecule has 1 saturated heterocycles. The predicted molar refractivity (Wildman–Crippen MR) is 77.2 cm³/mol. The Hall–Kier alpha value is -1.16. The van der Waals surface area contributed by atoms with Gasteiger partial charge >= 0.3 is 0 Å². The van der Waals surface area contributed by atoms with E-state index in [1.807, 2.05) is 6.20 Å². The summed E-state index contributed by atoms with van der Waals surface area (Å²) in [7, 11) is 0. The molecule has 19 heavy (non-hydrogen) atoms. The first-order valence-corrected chi connectivity index (χ1v) is 7.28. The fourth-order valence-corrected chi connectivity index (χ4v) is 2.85. The van der Waals surface area contributed by atoms with Crippen molar-refractivity contribution in [2.75, 3.05) is 11.4 Å². The van der Waals surface area contributed by atoms with E-state index in [2.05, 4.69) is 42.6 Å². The molecule has 1 unspecified atom stereocenters. The number of anilines is 1. The highest BCUT2D eigenvalue weighted by atomic mass is 16.3. The van der Waals surface area contributed by atoms with Crippen molar-refractivity contribution >= 4 is 5.69 Å². The second-order valence-corrected chi connectivity index (χ2v) is 6.02. The van der Waals surface area contributed by atoms with Gasteiger partial charge in [0.2, 0.25) is 0 Å². The Bertz CT molecular complexity index is 431. The Morgan fingerprint density at radius 2 is 2.11 bits per heavy atom. The van der Waals surface area contributed by atoms with Gasteiger partial charge < -0.3 is 10.0 Å². The molecule has 106 valence electrons. The molecule has 4 heteroatoms. The third kappa shape index (κ3) is 2.89. The van der Waals surface area contributed by atoms with E-state index < -0.39 is 0 Å². The molecule has 1 aliphatic rings. The highest BCUT2D eigenvalue weighted by molar-refractivity contribution is 5.51. The molecule has 0 aliphatic carbocycles. The highest BCUT2D eigenvalue weighted by Gasteiger charge is 2.29. The second kappa shape index (κ2) is 5.87. The fraction of sp³-hybridized carbons (Fsp3) is 0.733. The monoisotopic (exact) mass is 263 g/mol. The number of hydrogen-bond donors (Lipinski definition) is 1. The average molecular weight is 263 g/mol. The molecule has 4 nitrogen and oxygen atoms in total. The van der Waals surface area contributed by atoms with E-state index in [9.17, 15) is 5.11 Å². The number of aliphatic hydroxyl groups excluding tert-OH is 1. The summed E-state index contributed by atoms with van der Waals surface area (Å²) in [6.07, 6.45) is 4.32. The van der Waals surface area contributed by atoms with Crippen LogP contribution in [0.15, 0.2) is 6.20 Å². The average Bonchev–Trinajstić information content (AvgIpc) is 2.87. The molecule has 0 spiro atoms. The van der Waals surface area contributed by atoms with Crippen LogP contribution in [0.1, 0.15) is 58.0 Å². The Balaban J connectivity index is 2.33. The number of nitrogens with zero attached hydrogens (tertiary/aromatic N) is 3. The van der Waals surface area contributed by atoms with Crippen molar-refractivity contribution in [2.45, 2.75) is 59.1 Å². The molecule has 0 bridgehead atoms. The molecular formula is C15H25N3O. The molecule has 1 atom stereocenters. The lowest BCUT2D eigenvalue weighted by Gasteiger charge is -2.30. The zero-order valence-electron chi connectivity index (χ0n) is 12.4. The number of rotatable bonds is 4. The van der Waals surface area contributed by atoms with Crippen molar-refractivity contribution in [3.63, 3.8) is 0 Å². The Kier molecular flexibility index (Phi) is 4.40. The van der Waals surface area contributed by atoms with Gasteiger partial charge in [-0.2, -0.15) is 0 Å². The van der Waals surface area contributed by atoms with Gasteiger partial charge in [-0.1, -0.05) is 27.7 Å². The smallest absolute Gasteiger partial charge is 0.131 e. The van der Waals surface area contributed by atoms with Crippen LogP contribution in [0.4, 0.5) is 5.69 Å². The van der Waals surface area contributed by atoms with Gasteiger partial charge in [0.15, 0.2) is 0 Å². The molecule has 1 fully saturated rings. The SMILES string of the molecule is CC(C)c1ncc(N2CCCC2C(C)C)c(CO)n1. The maximum atomic E-state index is 9.59. The number of aromatic nitrogens is 2. The van der Waals surface area contributed by atoms with Gasteiger partial charge in [0.1, 0.15) is 5.82 Å². The molecule has 2 heterocycles. The normalized spacial score (nSPS) is 19.7. The molecule has 1 aromatic heterocycles. The van der Waals surface area contributed by atoms with Crippen LogP contribution in [0.2, 0.25) is 0 Å². The molecule has 1 N–H and O–H groups in total. The minimum Gasteiger partial charge on any atom is -0.390 e. The summed E-state index contributed by atoms with van der Waals surface area (Å²) in [5.41, 5.74) is 1.79. The minimum absolute atomic E-state index is 0.0150. The first-order chi connectivity index (χ1) is 9.04. The molecule has 0 aromatic carbocycles. The van der Waals surface area contributed by atoms with E-state index in [1.54, 1.807) is 0 Å². The van der Waals surface area contributed by atoms with Crippen molar-refractivity contribution in [1.29, 1.82) is 0 Å². The van der Waals surface area contributed by atoms with E-state index in [0.717, 1.165) is 23.8 Å². The molecular weight excluding hydrogens is 238 g/mol. The largest absolute Gasteiger partial charge is 0.390 e. The summed E-state index contributed by atoms with van der Waals surface area (Å²) >= 11 is 0. The third-order valence-electron chi connectivity index (χ3n) is 3.91. The summed E-state index contributed by atoms with van der Waals surface area (Å²) in [6, 6.07) is 0.541. The molecule has 0 radical (unpaired) electrons. The lowest BCUT2D eigenvalue weighted by atomic mass is 10.0. The van der Waals surface area contributed by atoms with Crippen LogP contribution in [0.5, 0.6) is 0 Å². The van der Waals surface area contributed by atoms with E-state index in [1.165, 1.54) is 12.8 Å². The van der Waals surface area contributed by atoms with Gasteiger partial charge in [-0.25, -0.2) is 9.97 Å². The highest BCUT2D eigenvalue weighted by Crippen LogP contribution is 2.31. The Labute approximate surface area is 115 Å². The number of aliphatic hydroxyl groups is 1. The van der Waals surface area contributed by atoms with Crippen molar-refractivity contribution < 1.29 is 5.11 Å². The first kappa shape index (κ1) is 14.3. The lowest BCUT2D eigenvalue weighted by Crippen LogP contribution is -2.34. The van der Waals surface area contributed by atoms with Crippen LogP contribution < -0.4 is 4.90 Å². The van der Waals surface area contributed by atoms with Crippen LogP contribution in [0.25, 0.3) is 0 Å². The van der Waals surface area contributed by atoms with Crippen molar-refractivity contribution in [3.05, 3.63) is 17.7 Å². The molecule has 0 amide bonds. The third-order valence-corrected chi connectivity index (χ3v) is 3.91. The summed E-state index contributed by atoms with van der Waals surface area (Å²) in [5, 5.41) is 9.59. The van der Waals surface area contributed by atoms with Gasteiger partial charge in [-0.3, -0.25) is 0 Å². The van der Waals surface area contributed by atoms with Gasteiger partial charge in [-0.15, -0.1) is 0 Å². The first-order valence-electron chi connectivity index (χ1n) is 7.28. The molecule has 1 aliphatic heterocycles. The molecule has 0 saturated carbocycles. The van der Waals surface area contributed by atoms with Gasteiger partial charge in [0, 0.05) is 18.5 Å². The Morgan fingerprint density at radius 1 is 1.37 bits per heavy atom. The van der Waals surface area contributed by atoms with Crippen molar-refractivity contribution in [1.82, 2.24) is 9.97 Å². The van der Waals surface area contributed by atoms with Gasteiger partial charge in [-0.05, 0) is 18.8 Å². The van der Waals surface area contributed by atoms with E-state index in [4.69, 9.17) is 0 Å². The second-order valence-electron chi connectivity index (χ2n) is 6.02. The van der Waals surface area contributed by atoms with Crippen LogP contribution in [0, 0.1) is 5.92 Å². The fourth-order valence-electron chi connectivity index (χ4n) is 2.85. The van der Waals surface area contributed by atoms with E-state index >= 15 is 0 Å². The quantitative estimate of drug-likeness (QED) is 0.907. The van der Waals surface area contributed by atoms with Crippen molar-refractivity contribution in [3.8, 4) is 0 Å². The Morgan fingerprint density at radius 3 is 2.68 bits per heavy atom. The van der Waals surface area contributed by atoms with Crippen LogP contribution >= 0.6 is 0 Å². The van der Waals surface area contributed by atoms with Crippen molar-refractivity contribution in [2.24, 2.45) is 5.92 Å². The predicted octanol–water partition coefficient (Wildman–Crippen LogP) is 2.72.